The Morgan fingerprint density at radius 3 is 2.33 bits per heavy atom. The molecule has 0 amide bonds. The molecule has 0 bridgehead atoms. The Morgan fingerprint density at radius 2 is 1.67 bits per heavy atom. The first-order chi connectivity index (χ1) is 14.6. The number of ether oxygens (including phenoxy) is 1. The Morgan fingerprint density at radius 1 is 0.967 bits per heavy atom. The van der Waals surface area contributed by atoms with Crippen molar-refractivity contribution in [2.45, 2.75) is 10.6 Å². The van der Waals surface area contributed by atoms with E-state index in [1.165, 1.54) is 10.5 Å². The Labute approximate surface area is 188 Å². The molecule has 30 heavy (non-hydrogen) atoms. The molecule has 6 heteroatoms. The van der Waals surface area contributed by atoms with Crippen LogP contribution >= 0.6 is 24.0 Å². The molecule has 0 aliphatic carbocycles. The average Bonchev–Trinajstić information content (AvgIpc) is 2.79. The summed E-state index contributed by atoms with van der Waals surface area (Å²) in [6, 6.07) is 26.9. The smallest absolute Gasteiger partial charge is 0.170 e. The highest BCUT2D eigenvalue weighted by molar-refractivity contribution is 7.98. The average molecular weight is 438 g/mol. The van der Waals surface area contributed by atoms with Gasteiger partial charge in [0.25, 0.3) is 0 Å². The van der Waals surface area contributed by atoms with Gasteiger partial charge in [0.15, 0.2) is 5.11 Å². The first-order valence-corrected chi connectivity index (χ1v) is 11.2. The standard InChI is InChI=1S/C24H27N3OS2/c1-27(21-12-14-22(28-2)15-13-21)17-16-25-24(29)26-20-10-8-19(9-11-20)18-30-23-6-4-3-5-7-23/h3-15H,16-18H2,1-2H3,(H2,25,26,29). The maximum atomic E-state index is 5.42. The fourth-order valence-corrected chi connectivity index (χ4v) is 3.94. The van der Waals surface area contributed by atoms with Gasteiger partial charge in [0.2, 0.25) is 0 Å². The molecule has 3 rings (SSSR count). The molecular weight excluding hydrogens is 410 g/mol. The predicted octanol–water partition coefficient (Wildman–Crippen LogP) is 5.41. The second kappa shape index (κ2) is 11.5. The van der Waals surface area contributed by atoms with Crippen LogP contribution in [0.4, 0.5) is 11.4 Å². The van der Waals surface area contributed by atoms with E-state index in [1.54, 1.807) is 7.11 Å². The Bertz CT molecular complexity index is 915. The van der Waals surface area contributed by atoms with Gasteiger partial charge in [-0.1, -0.05) is 30.3 Å². The van der Waals surface area contributed by atoms with E-state index in [-0.39, 0.29) is 0 Å². The maximum Gasteiger partial charge on any atom is 0.170 e. The molecule has 0 aromatic heterocycles. The quantitative estimate of drug-likeness (QED) is 0.344. The Balaban J connectivity index is 1.38. The van der Waals surface area contributed by atoms with Crippen LogP contribution in [0.2, 0.25) is 0 Å². The lowest BCUT2D eigenvalue weighted by molar-refractivity contribution is 0.415. The fourth-order valence-electron chi connectivity index (χ4n) is 2.85. The van der Waals surface area contributed by atoms with Crippen LogP contribution in [0.3, 0.4) is 0 Å². The second-order valence-corrected chi connectivity index (χ2v) is 8.26. The van der Waals surface area contributed by atoms with E-state index in [4.69, 9.17) is 17.0 Å². The van der Waals surface area contributed by atoms with E-state index >= 15 is 0 Å². The third kappa shape index (κ3) is 6.97. The fraction of sp³-hybridized carbons (Fsp3) is 0.208. The van der Waals surface area contributed by atoms with Crippen molar-refractivity contribution < 1.29 is 4.74 Å². The molecule has 0 unspecified atom stereocenters. The lowest BCUT2D eigenvalue weighted by Gasteiger charge is -2.20. The summed E-state index contributed by atoms with van der Waals surface area (Å²) in [5.41, 5.74) is 3.42. The molecule has 0 saturated heterocycles. The molecule has 4 nitrogen and oxygen atoms in total. The zero-order valence-electron chi connectivity index (χ0n) is 17.3. The molecule has 2 N–H and O–H groups in total. The third-order valence-corrected chi connectivity index (χ3v) is 5.94. The number of thioether (sulfide) groups is 1. The number of hydrogen-bond donors (Lipinski definition) is 2. The summed E-state index contributed by atoms with van der Waals surface area (Å²) in [5.74, 6) is 1.81. The van der Waals surface area contributed by atoms with E-state index in [0.29, 0.717) is 5.11 Å². The highest BCUT2D eigenvalue weighted by Gasteiger charge is 2.03. The monoisotopic (exact) mass is 437 g/mol. The second-order valence-electron chi connectivity index (χ2n) is 6.80. The van der Waals surface area contributed by atoms with E-state index in [0.717, 1.165) is 36.0 Å². The molecular formula is C24H27N3OS2. The lowest BCUT2D eigenvalue weighted by atomic mass is 10.2. The molecule has 3 aromatic rings. The van der Waals surface area contributed by atoms with Crippen molar-refractivity contribution in [3.8, 4) is 5.75 Å². The molecule has 0 atom stereocenters. The van der Waals surface area contributed by atoms with Gasteiger partial charge in [-0.2, -0.15) is 0 Å². The molecule has 0 spiro atoms. The predicted molar refractivity (Wildman–Crippen MR) is 133 cm³/mol. The Hall–Kier alpha value is -2.70. The van der Waals surface area contributed by atoms with Crippen LogP contribution in [0.25, 0.3) is 0 Å². The summed E-state index contributed by atoms with van der Waals surface area (Å²) in [6.07, 6.45) is 0. The van der Waals surface area contributed by atoms with Gasteiger partial charge in [0.05, 0.1) is 7.11 Å². The molecule has 0 heterocycles. The number of anilines is 2. The summed E-state index contributed by atoms with van der Waals surface area (Å²) in [7, 11) is 3.74. The van der Waals surface area contributed by atoms with Crippen LogP contribution in [0.1, 0.15) is 5.56 Å². The summed E-state index contributed by atoms with van der Waals surface area (Å²) >= 11 is 7.26. The van der Waals surface area contributed by atoms with Gasteiger partial charge < -0.3 is 20.3 Å². The van der Waals surface area contributed by atoms with Gasteiger partial charge in [0.1, 0.15) is 5.75 Å². The molecule has 156 valence electrons. The molecule has 3 aromatic carbocycles. The SMILES string of the molecule is COc1ccc(N(C)CCNC(=S)Nc2ccc(CSc3ccccc3)cc2)cc1. The number of nitrogens with zero attached hydrogens (tertiary/aromatic N) is 1. The summed E-state index contributed by atoms with van der Waals surface area (Å²) < 4.78 is 5.20. The summed E-state index contributed by atoms with van der Waals surface area (Å²) in [4.78, 5) is 3.46. The first-order valence-electron chi connectivity index (χ1n) is 9.81. The van der Waals surface area contributed by atoms with Gasteiger partial charge in [-0.15, -0.1) is 11.8 Å². The van der Waals surface area contributed by atoms with Crippen LogP contribution in [-0.4, -0.2) is 32.4 Å². The van der Waals surface area contributed by atoms with E-state index < -0.39 is 0 Å². The zero-order chi connectivity index (χ0) is 21.2. The number of nitrogens with one attached hydrogen (secondary N) is 2. The molecule has 0 saturated carbocycles. The van der Waals surface area contributed by atoms with Crippen molar-refractivity contribution in [3.05, 3.63) is 84.4 Å². The summed E-state index contributed by atoms with van der Waals surface area (Å²) in [6.45, 7) is 1.59. The van der Waals surface area contributed by atoms with Gasteiger partial charge in [0, 0.05) is 42.2 Å². The number of thiocarbonyl (C=S) groups is 1. The van der Waals surface area contributed by atoms with Crippen molar-refractivity contribution >= 4 is 40.5 Å². The third-order valence-electron chi connectivity index (χ3n) is 4.61. The number of rotatable bonds is 9. The van der Waals surface area contributed by atoms with E-state index in [2.05, 4.69) is 71.1 Å². The maximum absolute atomic E-state index is 5.42. The highest BCUT2D eigenvalue weighted by atomic mass is 32.2. The van der Waals surface area contributed by atoms with Crippen molar-refractivity contribution in [1.82, 2.24) is 5.32 Å². The minimum Gasteiger partial charge on any atom is -0.497 e. The van der Waals surface area contributed by atoms with Gasteiger partial charge in [-0.05, 0) is 66.3 Å². The van der Waals surface area contributed by atoms with Crippen LogP contribution < -0.4 is 20.3 Å². The van der Waals surface area contributed by atoms with Crippen molar-refractivity contribution in [2.75, 3.05) is 37.5 Å². The van der Waals surface area contributed by atoms with E-state index in [9.17, 15) is 0 Å². The van der Waals surface area contributed by atoms with Crippen LogP contribution in [0.5, 0.6) is 5.75 Å². The topological polar surface area (TPSA) is 36.5 Å². The minimum atomic E-state index is 0.629. The largest absolute Gasteiger partial charge is 0.497 e. The minimum absolute atomic E-state index is 0.629. The Kier molecular flexibility index (Phi) is 8.41. The van der Waals surface area contributed by atoms with Crippen molar-refractivity contribution in [2.24, 2.45) is 0 Å². The van der Waals surface area contributed by atoms with Gasteiger partial charge in [-0.25, -0.2) is 0 Å². The molecule has 0 fully saturated rings. The first kappa shape index (κ1) is 22.0. The zero-order valence-corrected chi connectivity index (χ0v) is 18.9. The summed E-state index contributed by atoms with van der Waals surface area (Å²) in [5, 5.41) is 7.14. The normalized spacial score (nSPS) is 10.3. The molecule has 0 aliphatic heterocycles. The number of methoxy groups -OCH3 is 1. The van der Waals surface area contributed by atoms with Crippen LogP contribution in [-0.2, 0) is 5.75 Å². The highest BCUT2D eigenvalue weighted by Crippen LogP contribution is 2.23. The van der Waals surface area contributed by atoms with Crippen molar-refractivity contribution in [1.29, 1.82) is 0 Å². The molecule has 0 aliphatic rings. The number of hydrogen-bond acceptors (Lipinski definition) is 4. The van der Waals surface area contributed by atoms with Crippen LogP contribution in [0.15, 0.2) is 83.8 Å². The van der Waals surface area contributed by atoms with Crippen LogP contribution in [0, 0.1) is 0 Å². The van der Waals surface area contributed by atoms with Crippen molar-refractivity contribution in [3.63, 3.8) is 0 Å². The molecule has 0 radical (unpaired) electrons. The van der Waals surface area contributed by atoms with Gasteiger partial charge in [-0.3, -0.25) is 0 Å². The van der Waals surface area contributed by atoms with Gasteiger partial charge >= 0.3 is 0 Å². The van der Waals surface area contributed by atoms with E-state index in [1.807, 2.05) is 42.1 Å². The number of likely N-dealkylation sites (N-methyl/N-ethyl adjacent to an activating group) is 1. The number of benzene rings is 3. The lowest BCUT2D eigenvalue weighted by Crippen LogP contribution is -2.35.